The summed E-state index contributed by atoms with van der Waals surface area (Å²) < 4.78 is 20.4. The van der Waals surface area contributed by atoms with E-state index in [4.69, 9.17) is 18.9 Å². The first-order chi connectivity index (χ1) is 11.5. The van der Waals surface area contributed by atoms with E-state index in [1.165, 1.54) is 26.4 Å². The van der Waals surface area contributed by atoms with Crippen molar-refractivity contribution in [3.8, 4) is 5.75 Å². The van der Waals surface area contributed by atoms with Gasteiger partial charge in [-0.1, -0.05) is 0 Å². The number of hydrogen-bond donors (Lipinski definition) is 0. The van der Waals surface area contributed by atoms with Crippen LogP contribution in [0.15, 0.2) is 12.1 Å². The molecule has 9 nitrogen and oxygen atoms in total. The summed E-state index contributed by atoms with van der Waals surface area (Å²) in [5.74, 6) is -0.619. The summed E-state index contributed by atoms with van der Waals surface area (Å²) in [4.78, 5) is 24.5. The topological polar surface area (TPSA) is 100 Å². The zero-order valence-electron chi connectivity index (χ0n) is 13.8. The monoisotopic (exact) mass is 340 g/mol. The molecule has 1 aromatic rings. The van der Waals surface area contributed by atoms with Gasteiger partial charge in [0.05, 0.1) is 30.8 Å². The van der Waals surface area contributed by atoms with E-state index in [0.717, 1.165) is 6.42 Å². The first-order valence-electron chi connectivity index (χ1n) is 7.36. The lowest BCUT2D eigenvalue weighted by Crippen LogP contribution is -2.42. The number of ether oxygens (including phenoxy) is 4. The molecule has 0 aliphatic carbocycles. The summed E-state index contributed by atoms with van der Waals surface area (Å²) in [7, 11) is 4.41. The highest BCUT2D eigenvalue weighted by molar-refractivity contribution is 5.93. The Morgan fingerprint density at radius 1 is 1.42 bits per heavy atom. The van der Waals surface area contributed by atoms with E-state index in [9.17, 15) is 14.9 Å². The quantitative estimate of drug-likeness (QED) is 0.304. The predicted molar refractivity (Wildman–Crippen MR) is 84.6 cm³/mol. The van der Waals surface area contributed by atoms with Gasteiger partial charge in [-0.3, -0.25) is 10.1 Å². The van der Waals surface area contributed by atoms with Gasteiger partial charge >= 0.3 is 11.7 Å². The second-order valence-corrected chi connectivity index (χ2v) is 5.16. The van der Waals surface area contributed by atoms with Crippen LogP contribution in [0, 0.1) is 10.1 Å². The number of rotatable bonds is 8. The number of anilines is 1. The molecule has 0 bridgehead atoms. The molecule has 0 amide bonds. The molecule has 132 valence electrons. The van der Waals surface area contributed by atoms with Crippen molar-refractivity contribution < 1.29 is 28.7 Å². The van der Waals surface area contributed by atoms with E-state index in [1.807, 2.05) is 0 Å². The molecule has 1 fully saturated rings. The number of nitrogens with zero attached hydrogens (tertiary/aromatic N) is 2. The van der Waals surface area contributed by atoms with Crippen LogP contribution in [0.1, 0.15) is 16.8 Å². The smallest absolute Gasteiger partial charge is 0.338 e. The predicted octanol–water partition coefficient (Wildman–Crippen LogP) is 1.59. The lowest BCUT2D eigenvalue weighted by atomic mass is 10.1. The van der Waals surface area contributed by atoms with Gasteiger partial charge in [0, 0.05) is 26.6 Å². The fraction of sp³-hybridized carbons (Fsp3) is 0.533. The van der Waals surface area contributed by atoms with Crippen LogP contribution >= 0.6 is 0 Å². The Labute approximate surface area is 139 Å². The maximum Gasteiger partial charge on any atom is 0.338 e. The number of nitro benzene ring substituents is 1. The SMILES string of the molecule is COCCOc1cc(C(=O)OC)cc(N(C)C2CCO2)c1[N+](=O)[O-]. The second-order valence-electron chi connectivity index (χ2n) is 5.16. The Morgan fingerprint density at radius 2 is 2.12 bits per heavy atom. The number of methoxy groups -OCH3 is 2. The normalized spacial score (nSPS) is 16.2. The zero-order chi connectivity index (χ0) is 17.7. The lowest BCUT2D eigenvalue weighted by Gasteiger charge is -2.36. The van der Waals surface area contributed by atoms with E-state index >= 15 is 0 Å². The molecule has 0 aromatic heterocycles. The molecule has 24 heavy (non-hydrogen) atoms. The van der Waals surface area contributed by atoms with Crippen LogP contribution in [0.25, 0.3) is 0 Å². The van der Waals surface area contributed by atoms with E-state index < -0.39 is 10.9 Å². The highest BCUT2D eigenvalue weighted by atomic mass is 16.6. The third-order valence-corrected chi connectivity index (χ3v) is 3.69. The number of carbonyl (C=O) groups excluding carboxylic acids is 1. The summed E-state index contributed by atoms with van der Waals surface area (Å²) >= 11 is 0. The lowest BCUT2D eigenvalue weighted by molar-refractivity contribution is -0.385. The zero-order valence-corrected chi connectivity index (χ0v) is 13.8. The highest BCUT2D eigenvalue weighted by Crippen LogP contribution is 2.40. The summed E-state index contributed by atoms with van der Waals surface area (Å²) in [6.45, 7) is 0.970. The molecule has 0 N–H and O–H groups in total. The summed E-state index contributed by atoms with van der Waals surface area (Å²) in [5.41, 5.74) is 0.175. The minimum atomic E-state index is -0.606. The van der Waals surface area contributed by atoms with Crippen molar-refractivity contribution in [2.24, 2.45) is 0 Å². The number of carbonyl (C=O) groups is 1. The van der Waals surface area contributed by atoms with E-state index in [1.54, 1.807) is 11.9 Å². The summed E-state index contributed by atoms with van der Waals surface area (Å²) in [6.07, 6.45) is 0.471. The van der Waals surface area contributed by atoms with Crippen molar-refractivity contribution in [2.75, 3.05) is 46.0 Å². The van der Waals surface area contributed by atoms with Crippen LogP contribution in [0.3, 0.4) is 0 Å². The third-order valence-electron chi connectivity index (χ3n) is 3.69. The van der Waals surface area contributed by atoms with Crippen LogP contribution in [-0.2, 0) is 14.2 Å². The average molecular weight is 340 g/mol. The van der Waals surface area contributed by atoms with Gasteiger partial charge in [-0.05, 0) is 6.07 Å². The average Bonchev–Trinajstić information content (AvgIpc) is 2.51. The Hall–Kier alpha value is -2.39. The van der Waals surface area contributed by atoms with Gasteiger partial charge in [-0.2, -0.15) is 0 Å². The number of esters is 1. The fourth-order valence-electron chi connectivity index (χ4n) is 2.31. The molecule has 1 aliphatic heterocycles. The molecular weight excluding hydrogens is 320 g/mol. The van der Waals surface area contributed by atoms with Gasteiger partial charge in [-0.25, -0.2) is 4.79 Å². The summed E-state index contributed by atoms with van der Waals surface area (Å²) in [6, 6.07) is 2.72. The molecule has 1 saturated heterocycles. The molecule has 1 heterocycles. The van der Waals surface area contributed by atoms with Crippen molar-refractivity contribution in [2.45, 2.75) is 12.6 Å². The molecule has 1 unspecified atom stereocenters. The maximum atomic E-state index is 11.9. The van der Waals surface area contributed by atoms with E-state index in [2.05, 4.69) is 0 Å². The van der Waals surface area contributed by atoms with Crippen molar-refractivity contribution in [3.63, 3.8) is 0 Å². The van der Waals surface area contributed by atoms with Crippen LogP contribution in [0.4, 0.5) is 11.4 Å². The van der Waals surface area contributed by atoms with Crippen LogP contribution in [-0.4, -0.2) is 58.2 Å². The minimum Gasteiger partial charge on any atom is -0.484 e. The molecule has 0 spiro atoms. The second kappa shape index (κ2) is 7.93. The first-order valence-corrected chi connectivity index (χ1v) is 7.36. The molecule has 1 aromatic carbocycles. The fourth-order valence-corrected chi connectivity index (χ4v) is 2.31. The molecular formula is C15H20N2O7. The Balaban J connectivity index is 2.48. The number of benzene rings is 1. The summed E-state index contributed by atoms with van der Waals surface area (Å²) in [5, 5.41) is 11.6. The number of hydrogen-bond acceptors (Lipinski definition) is 8. The number of nitro groups is 1. The van der Waals surface area contributed by atoms with Gasteiger partial charge in [-0.15, -0.1) is 0 Å². The van der Waals surface area contributed by atoms with E-state index in [-0.39, 0.29) is 42.1 Å². The van der Waals surface area contributed by atoms with Gasteiger partial charge in [0.25, 0.3) is 0 Å². The van der Waals surface area contributed by atoms with Crippen LogP contribution in [0.2, 0.25) is 0 Å². The molecule has 2 rings (SSSR count). The Bertz CT molecular complexity index is 616. The molecule has 0 saturated carbocycles. The largest absolute Gasteiger partial charge is 0.484 e. The molecule has 1 atom stereocenters. The van der Waals surface area contributed by atoms with Crippen molar-refractivity contribution in [3.05, 3.63) is 27.8 Å². The first kappa shape index (κ1) is 18.0. The van der Waals surface area contributed by atoms with Gasteiger partial charge < -0.3 is 23.8 Å². The van der Waals surface area contributed by atoms with E-state index in [0.29, 0.717) is 6.61 Å². The Morgan fingerprint density at radius 3 is 2.62 bits per heavy atom. The van der Waals surface area contributed by atoms with Crippen LogP contribution in [0.5, 0.6) is 5.75 Å². The Kier molecular flexibility index (Phi) is 5.93. The van der Waals surface area contributed by atoms with Gasteiger partial charge in [0.1, 0.15) is 18.5 Å². The van der Waals surface area contributed by atoms with Gasteiger partial charge in [0.15, 0.2) is 5.75 Å². The van der Waals surface area contributed by atoms with Gasteiger partial charge in [0.2, 0.25) is 0 Å². The standard InChI is InChI=1S/C15H20N2O7/c1-16(13-4-5-24-13)11-8-10(15(18)22-3)9-12(14(11)17(19)20)23-7-6-21-2/h8-9,13H,4-7H2,1-3H3. The molecule has 9 heteroatoms. The van der Waals surface area contributed by atoms with Crippen LogP contribution < -0.4 is 9.64 Å². The minimum absolute atomic E-state index is 0.0128. The third kappa shape index (κ3) is 3.74. The maximum absolute atomic E-state index is 11.9. The van der Waals surface area contributed by atoms with Crippen molar-refractivity contribution in [1.82, 2.24) is 0 Å². The highest BCUT2D eigenvalue weighted by Gasteiger charge is 2.32. The van der Waals surface area contributed by atoms with Crippen molar-refractivity contribution in [1.29, 1.82) is 0 Å². The van der Waals surface area contributed by atoms with Crippen molar-refractivity contribution >= 4 is 17.3 Å². The molecule has 1 aliphatic rings. The molecule has 0 radical (unpaired) electrons.